The van der Waals surface area contributed by atoms with E-state index in [2.05, 4.69) is 5.32 Å². The first kappa shape index (κ1) is 18.0. The number of benzene rings is 2. The van der Waals surface area contributed by atoms with Crippen LogP contribution in [0.3, 0.4) is 0 Å². The number of methoxy groups -OCH3 is 1. The van der Waals surface area contributed by atoms with Crippen molar-refractivity contribution in [2.75, 3.05) is 13.7 Å². The zero-order valence-electron chi connectivity index (χ0n) is 14.6. The highest BCUT2D eigenvalue weighted by Crippen LogP contribution is 2.26. The molecule has 0 atom stereocenters. The van der Waals surface area contributed by atoms with Crippen LogP contribution in [0.25, 0.3) is 10.9 Å². The van der Waals surface area contributed by atoms with Crippen molar-refractivity contribution < 1.29 is 14.3 Å². The Hall–Kier alpha value is -2.79. The molecule has 0 bridgehead atoms. The maximum atomic E-state index is 12.6. The fourth-order valence-electron chi connectivity index (χ4n) is 2.84. The van der Waals surface area contributed by atoms with Crippen LogP contribution >= 0.6 is 11.6 Å². The van der Waals surface area contributed by atoms with Gasteiger partial charge in [0.1, 0.15) is 5.75 Å². The topological polar surface area (TPSA) is 60.3 Å². The summed E-state index contributed by atoms with van der Waals surface area (Å²) in [7, 11) is 1.56. The molecule has 0 aliphatic heterocycles. The fourth-order valence-corrected chi connectivity index (χ4v) is 2.97. The molecule has 1 aromatic heterocycles. The van der Waals surface area contributed by atoms with E-state index in [1.807, 2.05) is 24.3 Å². The van der Waals surface area contributed by atoms with Gasteiger partial charge < -0.3 is 10.1 Å². The summed E-state index contributed by atoms with van der Waals surface area (Å²) in [5, 5.41) is 4.27. The van der Waals surface area contributed by atoms with Crippen molar-refractivity contribution in [2.45, 2.75) is 13.3 Å². The molecule has 0 unspecified atom stereocenters. The Balaban J connectivity index is 1.80. The minimum absolute atomic E-state index is 0.152. The third-order valence-corrected chi connectivity index (χ3v) is 4.46. The second-order valence-corrected chi connectivity index (χ2v) is 6.38. The summed E-state index contributed by atoms with van der Waals surface area (Å²) in [6.07, 6.45) is 2.27. The van der Waals surface area contributed by atoms with E-state index < -0.39 is 0 Å². The summed E-state index contributed by atoms with van der Waals surface area (Å²) < 4.78 is 6.71. The van der Waals surface area contributed by atoms with Crippen LogP contribution in [0.5, 0.6) is 5.75 Å². The Morgan fingerprint density at radius 1 is 1.15 bits per heavy atom. The van der Waals surface area contributed by atoms with E-state index in [1.54, 1.807) is 31.5 Å². The molecule has 5 nitrogen and oxygen atoms in total. The van der Waals surface area contributed by atoms with Gasteiger partial charge in [0.2, 0.25) is 5.91 Å². The molecule has 0 spiro atoms. The number of hydrogen-bond acceptors (Lipinski definition) is 3. The molecule has 0 saturated heterocycles. The molecule has 0 fully saturated rings. The SMILES string of the molecule is COc1ccc2c(c1)c(C(=O)NCCc1ccc(Cl)cc1)cn2C(C)=O. The Labute approximate surface area is 156 Å². The Morgan fingerprint density at radius 2 is 1.88 bits per heavy atom. The van der Waals surface area contributed by atoms with Crippen LogP contribution in [0.4, 0.5) is 0 Å². The van der Waals surface area contributed by atoms with Gasteiger partial charge in [0, 0.05) is 30.1 Å². The first-order chi connectivity index (χ1) is 12.5. The molecule has 2 aromatic carbocycles. The number of carbonyl (C=O) groups is 2. The Bertz CT molecular complexity index is 961. The average molecular weight is 371 g/mol. The van der Waals surface area contributed by atoms with Crippen LogP contribution in [0.15, 0.2) is 48.7 Å². The number of rotatable bonds is 5. The summed E-state index contributed by atoms with van der Waals surface area (Å²) in [6.45, 7) is 1.95. The van der Waals surface area contributed by atoms with Crippen LogP contribution in [0.2, 0.25) is 5.02 Å². The van der Waals surface area contributed by atoms with Crippen LogP contribution < -0.4 is 10.1 Å². The van der Waals surface area contributed by atoms with E-state index in [0.29, 0.717) is 40.2 Å². The minimum atomic E-state index is -0.225. The lowest BCUT2D eigenvalue weighted by Gasteiger charge is -2.05. The molecule has 0 aliphatic carbocycles. The summed E-state index contributed by atoms with van der Waals surface area (Å²) in [5.74, 6) is 0.256. The van der Waals surface area contributed by atoms with Gasteiger partial charge in [0.25, 0.3) is 5.91 Å². The van der Waals surface area contributed by atoms with Gasteiger partial charge in [-0.2, -0.15) is 0 Å². The van der Waals surface area contributed by atoms with Gasteiger partial charge in [0.15, 0.2) is 0 Å². The summed E-state index contributed by atoms with van der Waals surface area (Å²) in [4.78, 5) is 24.5. The standard InChI is InChI=1S/C20H19ClN2O3/c1-13(24)23-12-18(17-11-16(26-2)7-8-19(17)23)20(25)22-10-9-14-3-5-15(21)6-4-14/h3-8,11-12H,9-10H2,1-2H3,(H,22,25). The number of halogens is 1. The highest BCUT2D eigenvalue weighted by molar-refractivity contribution is 6.30. The van der Waals surface area contributed by atoms with Crippen molar-refractivity contribution in [3.05, 3.63) is 64.8 Å². The number of ether oxygens (including phenoxy) is 1. The van der Waals surface area contributed by atoms with E-state index >= 15 is 0 Å². The minimum Gasteiger partial charge on any atom is -0.497 e. The largest absolute Gasteiger partial charge is 0.497 e. The van der Waals surface area contributed by atoms with Crippen LogP contribution in [0.1, 0.15) is 27.6 Å². The molecule has 0 aliphatic rings. The number of amides is 1. The maximum absolute atomic E-state index is 12.6. The lowest BCUT2D eigenvalue weighted by molar-refractivity contribution is 0.0941. The smallest absolute Gasteiger partial charge is 0.253 e. The zero-order chi connectivity index (χ0) is 18.7. The number of fused-ring (bicyclic) bond motifs is 1. The van der Waals surface area contributed by atoms with E-state index in [4.69, 9.17) is 16.3 Å². The highest BCUT2D eigenvalue weighted by Gasteiger charge is 2.17. The summed E-state index contributed by atoms with van der Waals surface area (Å²) >= 11 is 5.87. The molecule has 3 aromatic rings. The van der Waals surface area contributed by atoms with Gasteiger partial charge in [-0.25, -0.2) is 0 Å². The number of carbonyl (C=O) groups excluding carboxylic acids is 2. The quantitative estimate of drug-likeness (QED) is 0.740. The molecule has 0 radical (unpaired) electrons. The second kappa shape index (κ2) is 7.62. The molecule has 3 rings (SSSR count). The Kier molecular flexibility index (Phi) is 5.28. The number of nitrogens with zero attached hydrogens (tertiary/aromatic N) is 1. The highest BCUT2D eigenvalue weighted by atomic mass is 35.5. The monoisotopic (exact) mass is 370 g/mol. The first-order valence-corrected chi connectivity index (χ1v) is 8.60. The van der Waals surface area contributed by atoms with E-state index in [1.165, 1.54) is 11.5 Å². The van der Waals surface area contributed by atoms with E-state index in [0.717, 1.165) is 5.56 Å². The van der Waals surface area contributed by atoms with Gasteiger partial charge in [-0.15, -0.1) is 0 Å². The molecule has 1 amide bonds. The number of nitrogens with one attached hydrogen (secondary N) is 1. The molecule has 1 heterocycles. The normalized spacial score (nSPS) is 10.7. The van der Waals surface area contributed by atoms with Crippen molar-refractivity contribution in [3.8, 4) is 5.75 Å². The third kappa shape index (κ3) is 3.73. The lowest BCUT2D eigenvalue weighted by atomic mass is 10.1. The second-order valence-electron chi connectivity index (χ2n) is 5.95. The van der Waals surface area contributed by atoms with Gasteiger partial charge in [-0.3, -0.25) is 14.2 Å². The van der Waals surface area contributed by atoms with Crippen LogP contribution in [0, 0.1) is 0 Å². The zero-order valence-corrected chi connectivity index (χ0v) is 15.3. The van der Waals surface area contributed by atoms with Crippen LogP contribution in [-0.2, 0) is 6.42 Å². The lowest BCUT2D eigenvalue weighted by Crippen LogP contribution is -2.25. The van der Waals surface area contributed by atoms with Crippen molar-refractivity contribution in [3.63, 3.8) is 0 Å². The molecular weight excluding hydrogens is 352 g/mol. The van der Waals surface area contributed by atoms with E-state index in [9.17, 15) is 9.59 Å². The van der Waals surface area contributed by atoms with Gasteiger partial charge in [0.05, 0.1) is 18.2 Å². The van der Waals surface area contributed by atoms with Gasteiger partial charge >= 0.3 is 0 Å². The Morgan fingerprint density at radius 3 is 2.54 bits per heavy atom. The maximum Gasteiger partial charge on any atom is 0.253 e. The van der Waals surface area contributed by atoms with Crippen molar-refractivity contribution in [2.24, 2.45) is 0 Å². The third-order valence-electron chi connectivity index (χ3n) is 4.21. The van der Waals surface area contributed by atoms with E-state index in [-0.39, 0.29) is 11.8 Å². The average Bonchev–Trinajstić information content (AvgIpc) is 3.02. The van der Waals surface area contributed by atoms with Gasteiger partial charge in [-0.1, -0.05) is 23.7 Å². The number of aromatic nitrogens is 1. The summed E-state index contributed by atoms with van der Waals surface area (Å²) in [6, 6.07) is 12.8. The molecule has 1 N–H and O–H groups in total. The molecular formula is C20H19ClN2O3. The van der Waals surface area contributed by atoms with Crippen molar-refractivity contribution in [1.82, 2.24) is 9.88 Å². The van der Waals surface area contributed by atoms with Crippen molar-refractivity contribution in [1.29, 1.82) is 0 Å². The number of hydrogen-bond donors (Lipinski definition) is 1. The molecule has 26 heavy (non-hydrogen) atoms. The van der Waals surface area contributed by atoms with Crippen molar-refractivity contribution >= 4 is 34.3 Å². The molecule has 0 saturated carbocycles. The fraction of sp³-hybridized carbons (Fsp3) is 0.200. The van der Waals surface area contributed by atoms with Gasteiger partial charge in [-0.05, 0) is 42.3 Å². The predicted octanol–water partition coefficient (Wildman–Crippen LogP) is 3.94. The van der Waals surface area contributed by atoms with Crippen LogP contribution in [-0.4, -0.2) is 30.0 Å². The molecule has 134 valence electrons. The summed E-state index contributed by atoms with van der Waals surface area (Å²) in [5.41, 5.74) is 2.22. The first-order valence-electron chi connectivity index (χ1n) is 8.22. The predicted molar refractivity (Wildman–Crippen MR) is 102 cm³/mol. The molecule has 6 heteroatoms.